The van der Waals surface area contributed by atoms with Gasteiger partial charge in [-0.25, -0.2) is 0 Å². The highest BCUT2D eigenvalue weighted by molar-refractivity contribution is 5.58. The van der Waals surface area contributed by atoms with Crippen molar-refractivity contribution in [2.24, 2.45) is 0 Å². The van der Waals surface area contributed by atoms with Crippen LogP contribution in [0, 0.1) is 0 Å². The van der Waals surface area contributed by atoms with Crippen LogP contribution in [0.5, 0.6) is 69.0 Å². The summed E-state index contributed by atoms with van der Waals surface area (Å²) in [5, 5.41) is 0. The van der Waals surface area contributed by atoms with Crippen LogP contribution in [0.15, 0.2) is 164 Å². The van der Waals surface area contributed by atoms with Crippen molar-refractivity contribution in [3.05, 3.63) is 231 Å². The zero-order chi connectivity index (χ0) is 57.7. The number of pyridine rings is 3. The lowest BCUT2D eigenvalue weighted by Gasteiger charge is -2.22. The van der Waals surface area contributed by atoms with Crippen molar-refractivity contribution in [1.29, 1.82) is 0 Å². The maximum Gasteiger partial charge on any atom is 0.161 e. The molecule has 0 saturated heterocycles. The Balaban J connectivity index is 0.908. The fourth-order valence-electron chi connectivity index (χ4n) is 10.6. The standard InChI is InChI=1S/C69H66N4O12/c1-74-64-34-46-31-50-38-68-66(76-3)36-48(50)33-51-39-69-65(75-2)35-47(51)32-49(46)37-67(64)80-28-25-77-58-13-19-61(20-14-58)83-43-55-10-4-7-52(70-55)40-73(41-53-8-5-11-56(71-53)44-84-62-21-15-59(16-22-62)78-26-29-81-68)42-54-9-6-12-57(72-54)45-85-63-23-17-60(18-24-63)79-27-30-82-69/h4-24,34-39H,25-33,40-45H2,1-3H3. The molecule has 6 aromatic carbocycles. The smallest absolute Gasteiger partial charge is 0.161 e. The molecule has 85 heavy (non-hydrogen) atoms. The summed E-state index contributed by atoms with van der Waals surface area (Å²) < 4.78 is 75.0. The first-order chi connectivity index (χ1) is 41.8. The van der Waals surface area contributed by atoms with Gasteiger partial charge in [0.05, 0.1) is 55.5 Å². The van der Waals surface area contributed by atoms with Gasteiger partial charge in [-0.3, -0.25) is 19.9 Å². The van der Waals surface area contributed by atoms with E-state index in [0.717, 1.165) is 67.5 Å². The maximum absolute atomic E-state index is 6.49. The van der Waals surface area contributed by atoms with Gasteiger partial charge in [0.2, 0.25) is 0 Å². The fourth-order valence-corrected chi connectivity index (χ4v) is 10.6. The topological polar surface area (TPSA) is 153 Å². The molecule has 16 heteroatoms. The maximum atomic E-state index is 6.49. The SMILES string of the molecule is COc1cc2c3cc1OCCOc1ccc(cc1)OCc1cccc(n1)CN1Cc4cccc(n4)COc4ccc(cc4)OCCOc4cc(c(cc4OC)C3)Cc3cc(OC)c(cc3C2)OCCOc2ccc(cc2)OCc2cccc(n2)C1. The molecule has 0 atom stereocenters. The molecule has 0 radical (unpaired) electrons. The van der Waals surface area contributed by atoms with Crippen LogP contribution in [0.4, 0.5) is 0 Å². The zero-order valence-electron chi connectivity index (χ0n) is 47.9. The van der Waals surface area contributed by atoms with Crippen LogP contribution in [-0.2, 0) is 58.7 Å². The monoisotopic (exact) mass is 1140 g/mol. The Kier molecular flexibility index (Phi) is 17.5. The van der Waals surface area contributed by atoms with E-state index in [0.29, 0.717) is 108 Å². The van der Waals surface area contributed by atoms with Gasteiger partial charge in [-0.1, -0.05) is 18.2 Å². The Morgan fingerprint density at radius 1 is 0.294 bits per heavy atom. The molecule has 26 rings (SSSR count). The molecule has 19 heterocycles. The molecule has 3 aromatic heterocycles. The first-order valence-corrected chi connectivity index (χ1v) is 28.5. The van der Waals surface area contributed by atoms with Gasteiger partial charge < -0.3 is 56.8 Å². The average molecular weight is 1140 g/mol. The van der Waals surface area contributed by atoms with Gasteiger partial charge in [0.1, 0.15) is 94.0 Å². The third kappa shape index (κ3) is 14.4. The molecule has 0 spiro atoms. The third-order valence-electron chi connectivity index (χ3n) is 14.8. The summed E-state index contributed by atoms with van der Waals surface area (Å²) in [7, 11) is 4.98. The Hall–Kier alpha value is -9.67. The minimum Gasteiger partial charge on any atom is -0.493 e. The van der Waals surface area contributed by atoms with Gasteiger partial charge in [0.15, 0.2) is 34.5 Å². The van der Waals surface area contributed by atoms with Gasteiger partial charge >= 0.3 is 0 Å². The summed E-state index contributed by atoms with van der Waals surface area (Å²) >= 11 is 0. The van der Waals surface area contributed by atoms with Crippen molar-refractivity contribution in [1.82, 2.24) is 19.9 Å². The van der Waals surface area contributed by atoms with Gasteiger partial charge in [0, 0.05) is 19.6 Å². The summed E-state index contributed by atoms with van der Waals surface area (Å²) in [6, 6.07) is 53.2. The largest absolute Gasteiger partial charge is 0.493 e. The number of benzene rings is 6. The van der Waals surface area contributed by atoms with Gasteiger partial charge in [-0.15, -0.1) is 0 Å². The molecule has 22 bridgehead atoms. The summed E-state index contributed by atoms with van der Waals surface area (Å²) in [6.07, 6.45) is 1.72. The minimum absolute atomic E-state index is 0.264. The molecule has 434 valence electrons. The Morgan fingerprint density at radius 3 is 0.824 bits per heavy atom. The van der Waals surface area contributed by atoms with E-state index in [9.17, 15) is 0 Å². The predicted molar refractivity (Wildman–Crippen MR) is 318 cm³/mol. The minimum atomic E-state index is 0.264. The Labute approximate surface area is 494 Å². The van der Waals surface area contributed by atoms with Crippen molar-refractivity contribution < 1.29 is 56.8 Å². The molecular weight excluding hydrogens is 1080 g/mol. The normalized spacial score (nSPS) is 14.9. The molecule has 16 aliphatic heterocycles. The second-order valence-corrected chi connectivity index (χ2v) is 20.7. The van der Waals surface area contributed by atoms with Crippen molar-refractivity contribution >= 4 is 0 Å². The average Bonchev–Trinajstić information content (AvgIpc) is 3.80. The van der Waals surface area contributed by atoms with Crippen LogP contribution in [0.25, 0.3) is 0 Å². The highest BCUT2D eigenvalue weighted by atomic mass is 16.6. The number of methoxy groups -OCH3 is 3. The van der Waals surface area contributed by atoms with Crippen LogP contribution in [0.1, 0.15) is 67.5 Å². The van der Waals surface area contributed by atoms with Crippen LogP contribution >= 0.6 is 0 Å². The van der Waals surface area contributed by atoms with E-state index in [2.05, 4.69) is 41.3 Å². The van der Waals surface area contributed by atoms with Crippen LogP contribution in [0.2, 0.25) is 0 Å². The summed E-state index contributed by atoms with van der Waals surface area (Å²) in [6.45, 7) is 4.01. The van der Waals surface area contributed by atoms with Crippen LogP contribution in [0.3, 0.4) is 0 Å². The summed E-state index contributed by atoms with van der Waals surface area (Å²) in [4.78, 5) is 17.5. The van der Waals surface area contributed by atoms with Crippen molar-refractivity contribution in [3.63, 3.8) is 0 Å². The van der Waals surface area contributed by atoms with Crippen molar-refractivity contribution in [3.8, 4) is 69.0 Å². The second-order valence-electron chi connectivity index (χ2n) is 20.7. The molecular formula is C69H66N4O12. The molecule has 0 saturated carbocycles. The van der Waals surface area contributed by atoms with E-state index in [1.165, 1.54) is 0 Å². The first kappa shape index (κ1) is 55.8. The second kappa shape index (κ2) is 26.7. The van der Waals surface area contributed by atoms with E-state index in [1.807, 2.05) is 127 Å². The third-order valence-corrected chi connectivity index (χ3v) is 14.8. The highest BCUT2D eigenvalue weighted by Crippen LogP contribution is 2.41. The summed E-state index contributed by atoms with van der Waals surface area (Å²) in [5.74, 6) is 7.73. The van der Waals surface area contributed by atoms with E-state index < -0.39 is 0 Å². The first-order valence-electron chi connectivity index (χ1n) is 28.5. The lowest BCUT2D eigenvalue weighted by molar-refractivity contribution is 0.210. The predicted octanol–water partition coefficient (Wildman–Crippen LogP) is 11.9. The molecule has 1 aliphatic carbocycles. The number of ether oxygens (including phenoxy) is 12. The van der Waals surface area contributed by atoms with Gasteiger partial charge in [0.25, 0.3) is 0 Å². The van der Waals surface area contributed by atoms with Crippen molar-refractivity contribution in [2.45, 2.75) is 58.7 Å². The molecule has 16 nitrogen and oxygen atoms in total. The zero-order valence-corrected chi connectivity index (χ0v) is 47.9. The Morgan fingerprint density at radius 2 is 0.541 bits per heavy atom. The quantitative estimate of drug-likeness (QED) is 0.165. The molecule has 17 aliphatic rings. The Bertz CT molecular complexity index is 3340. The highest BCUT2D eigenvalue weighted by Gasteiger charge is 2.24. The lowest BCUT2D eigenvalue weighted by Crippen LogP contribution is -2.24. The van der Waals surface area contributed by atoms with E-state index in [4.69, 9.17) is 71.8 Å². The number of rotatable bonds is 3. The van der Waals surface area contributed by atoms with E-state index in [1.54, 1.807) is 21.3 Å². The molecule has 0 amide bonds. The molecule has 0 unspecified atom stereocenters. The fraction of sp³-hybridized carbons (Fsp3) is 0.261. The van der Waals surface area contributed by atoms with Gasteiger partial charge in [-0.2, -0.15) is 0 Å². The van der Waals surface area contributed by atoms with Gasteiger partial charge in [-0.05, 0) is 198 Å². The summed E-state index contributed by atoms with van der Waals surface area (Å²) in [5.41, 5.74) is 11.4. The molecule has 9 aromatic rings. The molecule has 0 fully saturated rings. The van der Waals surface area contributed by atoms with E-state index in [-0.39, 0.29) is 59.5 Å². The van der Waals surface area contributed by atoms with E-state index >= 15 is 0 Å². The number of hydrogen-bond acceptors (Lipinski definition) is 16. The van der Waals surface area contributed by atoms with Crippen LogP contribution in [-0.4, -0.2) is 80.8 Å². The lowest BCUT2D eigenvalue weighted by atomic mass is 9.94. The number of nitrogens with zero attached hydrogens (tertiary/aromatic N) is 4. The number of aromatic nitrogens is 3. The van der Waals surface area contributed by atoms with Crippen molar-refractivity contribution in [2.75, 3.05) is 61.0 Å². The molecule has 0 N–H and O–H groups in total. The van der Waals surface area contributed by atoms with Crippen LogP contribution < -0.4 is 56.8 Å². The number of hydrogen-bond donors (Lipinski definition) is 0. The number of fused-ring (bicyclic) bond motifs is 1.